The molecular weight excluding hydrogens is 341 g/mol. The third kappa shape index (κ3) is 3.04. The van der Waals surface area contributed by atoms with Gasteiger partial charge < -0.3 is 5.32 Å². The number of halogens is 3. The summed E-state index contributed by atoms with van der Waals surface area (Å²) in [6.07, 6.45) is 0. The van der Waals surface area contributed by atoms with Gasteiger partial charge >= 0.3 is 0 Å². The lowest BCUT2D eigenvalue weighted by atomic mass is 10.0. The summed E-state index contributed by atoms with van der Waals surface area (Å²) in [5.41, 5.74) is 2.17. The molecule has 0 saturated heterocycles. The first-order valence-electron chi connectivity index (χ1n) is 4.98. The molecule has 0 aliphatic carbocycles. The van der Waals surface area contributed by atoms with E-state index in [1.54, 1.807) is 17.4 Å². The van der Waals surface area contributed by atoms with Gasteiger partial charge in [-0.15, -0.1) is 11.3 Å². The first-order chi connectivity index (χ1) is 8.11. The summed E-state index contributed by atoms with van der Waals surface area (Å²) in [6.45, 7) is 0. The Morgan fingerprint density at radius 3 is 2.65 bits per heavy atom. The van der Waals surface area contributed by atoms with Crippen LogP contribution in [0.25, 0.3) is 0 Å². The highest BCUT2D eigenvalue weighted by Crippen LogP contribution is 2.33. The molecule has 1 unspecified atom stereocenters. The summed E-state index contributed by atoms with van der Waals surface area (Å²) in [4.78, 5) is 0. The van der Waals surface area contributed by atoms with Crippen molar-refractivity contribution in [1.82, 2.24) is 5.32 Å². The van der Waals surface area contributed by atoms with E-state index in [1.807, 2.05) is 19.2 Å². The van der Waals surface area contributed by atoms with E-state index in [0.29, 0.717) is 5.02 Å². The largest absolute Gasteiger partial charge is 0.309 e. The van der Waals surface area contributed by atoms with Crippen molar-refractivity contribution in [2.75, 3.05) is 7.05 Å². The Labute approximate surface area is 123 Å². The molecule has 1 aromatic heterocycles. The SMILES string of the molecule is CNC(c1csc(Br)c1)c1cc(Cl)ccc1Cl. The van der Waals surface area contributed by atoms with Gasteiger partial charge in [0.25, 0.3) is 0 Å². The predicted octanol–water partition coefficient (Wildman–Crippen LogP) is 5.13. The first-order valence-corrected chi connectivity index (χ1v) is 7.41. The van der Waals surface area contributed by atoms with Crippen molar-refractivity contribution in [1.29, 1.82) is 0 Å². The smallest absolute Gasteiger partial charge is 0.0701 e. The molecule has 0 aliphatic rings. The van der Waals surface area contributed by atoms with Crippen LogP contribution in [0.1, 0.15) is 17.2 Å². The highest BCUT2D eigenvalue weighted by molar-refractivity contribution is 9.11. The van der Waals surface area contributed by atoms with Crippen molar-refractivity contribution < 1.29 is 0 Å². The van der Waals surface area contributed by atoms with Crippen LogP contribution >= 0.6 is 50.5 Å². The van der Waals surface area contributed by atoms with E-state index in [4.69, 9.17) is 23.2 Å². The van der Waals surface area contributed by atoms with Crippen LogP contribution in [0.3, 0.4) is 0 Å². The van der Waals surface area contributed by atoms with Gasteiger partial charge in [0.2, 0.25) is 0 Å². The van der Waals surface area contributed by atoms with Crippen molar-refractivity contribution >= 4 is 50.5 Å². The second kappa shape index (κ2) is 5.72. The molecule has 0 spiro atoms. The number of hydrogen-bond acceptors (Lipinski definition) is 2. The maximum Gasteiger partial charge on any atom is 0.0701 e. The molecule has 1 aromatic carbocycles. The number of benzene rings is 1. The molecule has 1 heterocycles. The molecule has 1 N–H and O–H groups in total. The van der Waals surface area contributed by atoms with Gasteiger partial charge in [0, 0.05) is 10.0 Å². The minimum Gasteiger partial charge on any atom is -0.309 e. The molecule has 5 heteroatoms. The van der Waals surface area contributed by atoms with Crippen molar-refractivity contribution in [3.63, 3.8) is 0 Å². The molecule has 1 atom stereocenters. The molecule has 17 heavy (non-hydrogen) atoms. The van der Waals surface area contributed by atoms with E-state index >= 15 is 0 Å². The third-order valence-corrected chi connectivity index (χ3v) is 4.58. The maximum absolute atomic E-state index is 6.22. The zero-order valence-electron chi connectivity index (χ0n) is 9.01. The summed E-state index contributed by atoms with van der Waals surface area (Å²) in [6, 6.07) is 7.66. The van der Waals surface area contributed by atoms with Gasteiger partial charge in [-0.2, -0.15) is 0 Å². The van der Waals surface area contributed by atoms with Gasteiger partial charge in [0.1, 0.15) is 0 Å². The van der Waals surface area contributed by atoms with Crippen LogP contribution in [0.5, 0.6) is 0 Å². The predicted molar refractivity (Wildman–Crippen MR) is 79.4 cm³/mol. The van der Waals surface area contributed by atoms with Gasteiger partial charge in [-0.1, -0.05) is 23.2 Å². The second-order valence-electron chi connectivity index (χ2n) is 3.57. The summed E-state index contributed by atoms with van der Waals surface area (Å²) < 4.78 is 1.10. The lowest BCUT2D eigenvalue weighted by Crippen LogP contribution is -2.17. The monoisotopic (exact) mass is 349 g/mol. The van der Waals surface area contributed by atoms with Gasteiger partial charge in [-0.05, 0) is 63.8 Å². The van der Waals surface area contributed by atoms with Gasteiger partial charge in [0.15, 0.2) is 0 Å². The Morgan fingerprint density at radius 1 is 1.29 bits per heavy atom. The molecule has 90 valence electrons. The number of rotatable bonds is 3. The highest BCUT2D eigenvalue weighted by Gasteiger charge is 2.16. The van der Waals surface area contributed by atoms with Crippen LogP contribution in [0, 0.1) is 0 Å². The van der Waals surface area contributed by atoms with Gasteiger partial charge in [0.05, 0.1) is 9.83 Å². The molecule has 2 aromatic rings. The fourth-order valence-corrected chi connectivity index (χ4v) is 3.32. The van der Waals surface area contributed by atoms with E-state index in [-0.39, 0.29) is 6.04 Å². The fourth-order valence-electron chi connectivity index (χ4n) is 1.71. The molecule has 0 amide bonds. The Morgan fingerprint density at radius 2 is 2.06 bits per heavy atom. The quantitative estimate of drug-likeness (QED) is 0.809. The third-order valence-electron chi connectivity index (χ3n) is 2.48. The number of nitrogens with one attached hydrogen (secondary N) is 1. The van der Waals surface area contributed by atoms with E-state index in [2.05, 4.69) is 32.7 Å². The van der Waals surface area contributed by atoms with Crippen LogP contribution < -0.4 is 5.32 Å². The molecule has 1 nitrogen and oxygen atoms in total. The molecule has 2 rings (SSSR count). The molecular formula is C12H10BrCl2NS. The Hall–Kier alpha value is -0.0600. The van der Waals surface area contributed by atoms with Crippen molar-refractivity contribution in [2.24, 2.45) is 0 Å². The van der Waals surface area contributed by atoms with Crippen LogP contribution in [0.2, 0.25) is 10.0 Å². The lowest BCUT2D eigenvalue weighted by molar-refractivity contribution is 0.694. The topological polar surface area (TPSA) is 12.0 Å². The molecule has 0 fully saturated rings. The molecule has 0 aliphatic heterocycles. The highest BCUT2D eigenvalue weighted by atomic mass is 79.9. The minimum atomic E-state index is 0.0590. The Balaban J connectivity index is 2.45. The zero-order chi connectivity index (χ0) is 12.4. The lowest BCUT2D eigenvalue weighted by Gasteiger charge is -2.17. The van der Waals surface area contributed by atoms with Gasteiger partial charge in [-0.3, -0.25) is 0 Å². The average molecular weight is 351 g/mol. The van der Waals surface area contributed by atoms with Crippen molar-refractivity contribution in [3.8, 4) is 0 Å². The summed E-state index contributed by atoms with van der Waals surface area (Å²) >= 11 is 17.4. The first kappa shape index (κ1) is 13.4. The van der Waals surface area contributed by atoms with Gasteiger partial charge in [-0.25, -0.2) is 0 Å². The van der Waals surface area contributed by atoms with E-state index in [0.717, 1.165) is 14.4 Å². The van der Waals surface area contributed by atoms with Crippen LogP contribution in [-0.2, 0) is 0 Å². The summed E-state index contributed by atoms with van der Waals surface area (Å²) in [7, 11) is 1.91. The van der Waals surface area contributed by atoms with E-state index < -0.39 is 0 Å². The van der Waals surface area contributed by atoms with E-state index in [1.165, 1.54) is 5.56 Å². The van der Waals surface area contributed by atoms with Crippen molar-refractivity contribution in [2.45, 2.75) is 6.04 Å². The Kier molecular flexibility index (Phi) is 4.50. The van der Waals surface area contributed by atoms with Crippen LogP contribution in [0.4, 0.5) is 0 Å². The number of thiophene rings is 1. The minimum absolute atomic E-state index is 0.0590. The fraction of sp³-hybridized carbons (Fsp3) is 0.167. The second-order valence-corrected chi connectivity index (χ2v) is 6.71. The summed E-state index contributed by atoms with van der Waals surface area (Å²) in [5.74, 6) is 0. The van der Waals surface area contributed by atoms with Crippen LogP contribution in [0.15, 0.2) is 33.4 Å². The van der Waals surface area contributed by atoms with Crippen LogP contribution in [-0.4, -0.2) is 7.05 Å². The number of hydrogen-bond donors (Lipinski definition) is 1. The van der Waals surface area contributed by atoms with Crippen molar-refractivity contribution in [3.05, 3.63) is 54.6 Å². The summed E-state index contributed by atoms with van der Waals surface area (Å²) in [5, 5.41) is 6.77. The van der Waals surface area contributed by atoms with E-state index in [9.17, 15) is 0 Å². The zero-order valence-corrected chi connectivity index (χ0v) is 12.9. The molecule has 0 radical (unpaired) electrons. The average Bonchev–Trinajstić information content (AvgIpc) is 2.71. The standard InChI is InChI=1S/C12H10BrCl2NS/c1-16-12(7-4-11(13)17-6-7)9-5-8(14)2-3-10(9)15/h2-6,12,16H,1H3. The Bertz CT molecular complexity index is 527. The molecule has 0 saturated carbocycles. The maximum atomic E-state index is 6.22. The molecule has 0 bridgehead atoms. The normalized spacial score (nSPS) is 12.7.